The lowest BCUT2D eigenvalue weighted by atomic mass is 9.63. The number of rotatable bonds is 4. The number of amides is 1. The second kappa shape index (κ2) is 6.77. The van der Waals surface area contributed by atoms with Crippen LogP contribution in [0.3, 0.4) is 0 Å². The molecule has 1 aliphatic heterocycles. The van der Waals surface area contributed by atoms with Gasteiger partial charge in [0.1, 0.15) is 0 Å². The van der Waals surface area contributed by atoms with Crippen LogP contribution in [-0.4, -0.2) is 25.5 Å². The topological polar surface area (TPSA) is 41.1 Å². The van der Waals surface area contributed by atoms with E-state index in [1.165, 1.54) is 12.8 Å². The number of benzene rings is 1. The molecule has 3 rings (SSSR count). The summed E-state index contributed by atoms with van der Waals surface area (Å²) in [4.78, 5) is 12.8. The minimum atomic E-state index is -0.406. The molecule has 0 aromatic heterocycles. The average molecular weight is 341 g/mol. The maximum Gasteiger partial charge on any atom is 0.230 e. The molecular formula is C17H22Cl2N2O. The third-order valence-corrected chi connectivity index (χ3v) is 5.80. The molecule has 3 nitrogen and oxygen atoms in total. The van der Waals surface area contributed by atoms with Gasteiger partial charge in [0.2, 0.25) is 5.91 Å². The fourth-order valence-electron chi connectivity index (χ4n) is 3.48. The zero-order valence-corrected chi connectivity index (χ0v) is 14.1. The predicted octanol–water partition coefficient (Wildman–Crippen LogP) is 3.53. The summed E-state index contributed by atoms with van der Waals surface area (Å²) in [6, 6.07) is 5.58. The van der Waals surface area contributed by atoms with E-state index in [1.54, 1.807) is 6.07 Å². The summed E-state index contributed by atoms with van der Waals surface area (Å²) >= 11 is 12.1. The molecule has 1 atom stereocenters. The summed E-state index contributed by atoms with van der Waals surface area (Å²) in [7, 11) is 0. The third kappa shape index (κ3) is 3.12. The van der Waals surface area contributed by atoms with Gasteiger partial charge in [0, 0.05) is 6.54 Å². The molecule has 5 heteroatoms. The molecule has 22 heavy (non-hydrogen) atoms. The summed E-state index contributed by atoms with van der Waals surface area (Å²) < 4.78 is 0. The van der Waals surface area contributed by atoms with E-state index in [-0.39, 0.29) is 5.91 Å². The number of nitrogens with one attached hydrogen (secondary N) is 2. The Hall–Kier alpha value is -0.770. The van der Waals surface area contributed by atoms with Crippen LogP contribution in [0.15, 0.2) is 18.2 Å². The number of hydrogen-bond acceptors (Lipinski definition) is 2. The Morgan fingerprint density at radius 3 is 2.68 bits per heavy atom. The van der Waals surface area contributed by atoms with Crippen LogP contribution >= 0.6 is 23.2 Å². The predicted molar refractivity (Wildman–Crippen MR) is 90.6 cm³/mol. The molecule has 1 saturated heterocycles. The first-order chi connectivity index (χ1) is 10.6. The number of carbonyl (C=O) groups excluding carboxylic acids is 1. The van der Waals surface area contributed by atoms with Crippen LogP contribution in [0.25, 0.3) is 0 Å². The van der Waals surface area contributed by atoms with Crippen LogP contribution in [0.1, 0.15) is 37.7 Å². The molecule has 0 spiro atoms. The van der Waals surface area contributed by atoms with Crippen LogP contribution < -0.4 is 10.6 Å². The first-order valence-electron chi connectivity index (χ1n) is 8.06. The highest BCUT2D eigenvalue weighted by atomic mass is 35.5. The van der Waals surface area contributed by atoms with E-state index in [2.05, 4.69) is 10.6 Å². The van der Waals surface area contributed by atoms with Crippen molar-refractivity contribution < 1.29 is 4.79 Å². The first-order valence-corrected chi connectivity index (χ1v) is 8.82. The summed E-state index contributed by atoms with van der Waals surface area (Å²) in [6.45, 7) is 2.85. The summed E-state index contributed by atoms with van der Waals surface area (Å²) in [6.07, 6.45) is 5.24. The van der Waals surface area contributed by atoms with Crippen molar-refractivity contribution in [1.29, 1.82) is 0 Å². The Balaban J connectivity index is 1.69. The molecule has 0 radical (unpaired) electrons. The Morgan fingerprint density at radius 2 is 2.09 bits per heavy atom. The second-order valence-electron chi connectivity index (χ2n) is 6.49. The van der Waals surface area contributed by atoms with Crippen LogP contribution in [0.4, 0.5) is 0 Å². The average Bonchev–Trinajstić information content (AvgIpc) is 2.49. The van der Waals surface area contributed by atoms with Gasteiger partial charge < -0.3 is 10.6 Å². The number of halogens is 2. The molecular weight excluding hydrogens is 319 g/mol. The van der Waals surface area contributed by atoms with E-state index in [1.807, 2.05) is 12.1 Å². The van der Waals surface area contributed by atoms with Gasteiger partial charge >= 0.3 is 0 Å². The highest BCUT2D eigenvalue weighted by molar-refractivity contribution is 6.42. The van der Waals surface area contributed by atoms with Crippen molar-refractivity contribution in [3.05, 3.63) is 33.8 Å². The van der Waals surface area contributed by atoms with Gasteiger partial charge in [-0.25, -0.2) is 0 Å². The van der Waals surface area contributed by atoms with Crippen molar-refractivity contribution in [2.75, 3.05) is 19.6 Å². The van der Waals surface area contributed by atoms with Crippen molar-refractivity contribution in [1.82, 2.24) is 10.6 Å². The lowest BCUT2D eigenvalue weighted by Gasteiger charge is -2.41. The molecule has 1 saturated carbocycles. The molecule has 1 aromatic carbocycles. The zero-order valence-electron chi connectivity index (χ0n) is 12.6. The molecule has 1 amide bonds. The molecule has 1 aliphatic carbocycles. The minimum Gasteiger partial charge on any atom is -0.355 e. The Labute approximate surface area is 141 Å². The van der Waals surface area contributed by atoms with Crippen molar-refractivity contribution >= 4 is 29.1 Å². The van der Waals surface area contributed by atoms with Crippen LogP contribution in [0.2, 0.25) is 10.0 Å². The van der Waals surface area contributed by atoms with Gasteiger partial charge in [-0.15, -0.1) is 0 Å². The molecule has 120 valence electrons. The van der Waals surface area contributed by atoms with Gasteiger partial charge in [0.15, 0.2) is 0 Å². The fraction of sp³-hybridized carbons (Fsp3) is 0.588. The molecule has 2 aliphatic rings. The normalized spacial score (nSPS) is 23.6. The SMILES string of the molecule is O=C(NCC1CCCNC1)C1(c2ccc(Cl)c(Cl)c2)CCC1. The van der Waals surface area contributed by atoms with Gasteiger partial charge in [0.05, 0.1) is 15.5 Å². The molecule has 0 bridgehead atoms. The fourth-order valence-corrected chi connectivity index (χ4v) is 3.77. The van der Waals surface area contributed by atoms with Gasteiger partial charge in [-0.2, -0.15) is 0 Å². The van der Waals surface area contributed by atoms with Gasteiger partial charge in [-0.1, -0.05) is 35.7 Å². The largest absolute Gasteiger partial charge is 0.355 e. The molecule has 1 heterocycles. The Kier molecular flexibility index (Phi) is 4.96. The van der Waals surface area contributed by atoms with Crippen molar-refractivity contribution in [3.63, 3.8) is 0 Å². The van der Waals surface area contributed by atoms with E-state index in [9.17, 15) is 4.79 Å². The van der Waals surface area contributed by atoms with Crippen molar-refractivity contribution in [3.8, 4) is 0 Å². The van der Waals surface area contributed by atoms with E-state index in [0.29, 0.717) is 16.0 Å². The summed E-state index contributed by atoms with van der Waals surface area (Å²) in [5, 5.41) is 7.62. The van der Waals surface area contributed by atoms with Gasteiger partial charge in [-0.05, 0) is 62.4 Å². The summed E-state index contributed by atoms with van der Waals surface area (Å²) in [5.41, 5.74) is 0.587. The maximum atomic E-state index is 12.8. The number of carbonyl (C=O) groups is 1. The van der Waals surface area contributed by atoms with Crippen LogP contribution in [0.5, 0.6) is 0 Å². The smallest absolute Gasteiger partial charge is 0.230 e. The third-order valence-electron chi connectivity index (χ3n) is 5.06. The maximum absolute atomic E-state index is 12.8. The molecule has 1 aromatic rings. The van der Waals surface area contributed by atoms with Crippen molar-refractivity contribution in [2.24, 2.45) is 5.92 Å². The van der Waals surface area contributed by atoms with E-state index in [0.717, 1.165) is 44.5 Å². The Bertz CT molecular complexity index is 552. The van der Waals surface area contributed by atoms with Crippen LogP contribution in [-0.2, 0) is 10.2 Å². The lowest BCUT2D eigenvalue weighted by Crippen LogP contribution is -2.51. The summed E-state index contributed by atoms with van der Waals surface area (Å²) in [5.74, 6) is 0.686. The quantitative estimate of drug-likeness (QED) is 0.880. The first kappa shape index (κ1) is 16.1. The van der Waals surface area contributed by atoms with E-state index in [4.69, 9.17) is 23.2 Å². The highest BCUT2D eigenvalue weighted by Crippen LogP contribution is 2.45. The molecule has 1 unspecified atom stereocenters. The standard InChI is InChI=1S/C17H22Cl2N2O/c18-14-5-4-13(9-15(14)19)17(6-2-7-17)16(22)21-11-12-3-1-8-20-10-12/h4-5,9,12,20H,1-3,6-8,10-11H2,(H,21,22). The molecule has 2 N–H and O–H groups in total. The van der Waals surface area contributed by atoms with Crippen LogP contribution in [0, 0.1) is 5.92 Å². The van der Waals surface area contributed by atoms with E-state index < -0.39 is 5.41 Å². The number of hydrogen-bond donors (Lipinski definition) is 2. The Morgan fingerprint density at radius 1 is 1.27 bits per heavy atom. The second-order valence-corrected chi connectivity index (χ2v) is 7.30. The number of piperidine rings is 1. The van der Waals surface area contributed by atoms with Crippen molar-refractivity contribution in [2.45, 2.75) is 37.5 Å². The monoisotopic (exact) mass is 340 g/mol. The molecule has 2 fully saturated rings. The van der Waals surface area contributed by atoms with E-state index >= 15 is 0 Å². The zero-order chi connectivity index (χ0) is 15.6. The lowest BCUT2D eigenvalue weighted by molar-refractivity contribution is -0.130. The highest BCUT2D eigenvalue weighted by Gasteiger charge is 2.45. The van der Waals surface area contributed by atoms with Gasteiger partial charge in [0.25, 0.3) is 0 Å². The van der Waals surface area contributed by atoms with Gasteiger partial charge in [-0.3, -0.25) is 4.79 Å². The minimum absolute atomic E-state index is 0.141.